The number of nitrogens with zero attached hydrogens (tertiary/aromatic N) is 3. The topological polar surface area (TPSA) is 69.2 Å². The van der Waals surface area contributed by atoms with Crippen molar-refractivity contribution in [3.8, 4) is 6.01 Å². The number of hydrogen-bond acceptors (Lipinski definition) is 7. The van der Waals surface area contributed by atoms with Crippen LogP contribution in [-0.4, -0.2) is 47.1 Å². The van der Waals surface area contributed by atoms with Crippen LogP contribution in [0.3, 0.4) is 0 Å². The SMILES string of the molecule is CCCNc1nc(OC(C)C)nc(SCCOC)n1. The molecule has 0 aliphatic heterocycles. The van der Waals surface area contributed by atoms with Gasteiger partial charge >= 0.3 is 6.01 Å². The maximum Gasteiger partial charge on any atom is 0.322 e. The fourth-order valence-electron chi connectivity index (χ4n) is 1.20. The molecule has 0 saturated carbocycles. The third-order valence-corrected chi connectivity index (χ3v) is 2.80. The van der Waals surface area contributed by atoms with Gasteiger partial charge in [-0.25, -0.2) is 0 Å². The summed E-state index contributed by atoms with van der Waals surface area (Å²) in [6.07, 6.45) is 1.05. The van der Waals surface area contributed by atoms with Crippen LogP contribution in [0.2, 0.25) is 0 Å². The first-order valence-electron chi connectivity index (χ1n) is 6.44. The Morgan fingerprint density at radius 3 is 2.68 bits per heavy atom. The first-order chi connectivity index (χ1) is 9.15. The van der Waals surface area contributed by atoms with Crippen LogP contribution in [-0.2, 0) is 4.74 Å². The van der Waals surface area contributed by atoms with Gasteiger partial charge in [-0.2, -0.15) is 15.0 Å². The molecule has 0 aliphatic carbocycles. The summed E-state index contributed by atoms with van der Waals surface area (Å²) in [5, 5.41) is 3.81. The minimum atomic E-state index is 0.0400. The van der Waals surface area contributed by atoms with Crippen LogP contribution in [0.4, 0.5) is 5.95 Å². The number of rotatable bonds is 9. The van der Waals surface area contributed by atoms with Gasteiger partial charge in [-0.15, -0.1) is 0 Å². The highest BCUT2D eigenvalue weighted by molar-refractivity contribution is 7.99. The molecule has 1 rings (SSSR count). The fourth-order valence-corrected chi connectivity index (χ4v) is 1.92. The van der Waals surface area contributed by atoms with E-state index in [9.17, 15) is 0 Å². The first kappa shape index (κ1) is 16.0. The maximum absolute atomic E-state index is 5.53. The van der Waals surface area contributed by atoms with Crippen molar-refractivity contribution in [2.24, 2.45) is 0 Å². The molecule has 0 bridgehead atoms. The molecular formula is C12H22N4O2S. The Morgan fingerprint density at radius 2 is 2.05 bits per heavy atom. The molecule has 0 unspecified atom stereocenters. The molecule has 19 heavy (non-hydrogen) atoms. The van der Waals surface area contributed by atoms with Crippen molar-refractivity contribution in [2.45, 2.75) is 38.5 Å². The summed E-state index contributed by atoms with van der Waals surface area (Å²) in [5.41, 5.74) is 0. The van der Waals surface area contributed by atoms with E-state index in [0.717, 1.165) is 18.7 Å². The first-order valence-corrected chi connectivity index (χ1v) is 7.42. The molecule has 1 aromatic rings. The minimum absolute atomic E-state index is 0.0400. The summed E-state index contributed by atoms with van der Waals surface area (Å²) in [7, 11) is 1.68. The second-order valence-electron chi connectivity index (χ2n) is 4.16. The van der Waals surface area contributed by atoms with Crippen molar-refractivity contribution < 1.29 is 9.47 Å². The molecule has 0 fully saturated rings. The summed E-state index contributed by atoms with van der Waals surface area (Å²) >= 11 is 1.53. The lowest BCUT2D eigenvalue weighted by Crippen LogP contribution is -2.12. The average molecular weight is 286 g/mol. The molecule has 0 saturated heterocycles. The van der Waals surface area contributed by atoms with Gasteiger partial charge in [0, 0.05) is 19.4 Å². The van der Waals surface area contributed by atoms with Crippen LogP contribution < -0.4 is 10.1 Å². The van der Waals surface area contributed by atoms with E-state index in [2.05, 4.69) is 27.2 Å². The van der Waals surface area contributed by atoms with Gasteiger partial charge in [0.2, 0.25) is 5.95 Å². The zero-order valence-corrected chi connectivity index (χ0v) is 12.8. The van der Waals surface area contributed by atoms with Crippen molar-refractivity contribution in [2.75, 3.05) is 31.3 Å². The number of anilines is 1. The van der Waals surface area contributed by atoms with Crippen molar-refractivity contribution in [3.63, 3.8) is 0 Å². The Kier molecular flexibility index (Phi) is 7.50. The molecule has 1 N–H and O–H groups in total. The van der Waals surface area contributed by atoms with E-state index in [1.807, 2.05) is 13.8 Å². The lowest BCUT2D eigenvalue weighted by molar-refractivity contribution is 0.217. The van der Waals surface area contributed by atoms with Gasteiger partial charge < -0.3 is 14.8 Å². The predicted molar refractivity (Wildman–Crippen MR) is 77.0 cm³/mol. The van der Waals surface area contributed by atoms with Crippen LogP contribution in [0.5, 0.6) is 6.01 Å². The molecule has 0 aliphatic rings. The molecule has 7 heteroatoms. The van der Waals surface area contributed by atoms with Crippen LogP contribution in [0.15, 0.2) is 5.16 Å². The zero-order chi connectivity index (χ0) is 14.1. The highest BCUT2D eigenvalue weighted by Crippen LogP contribution is 2.18. The van der Waals surface area contributed by atoms with E-state index >= 15 is 0 Å². The zero-order valence-electron chi connectivity index (χ0n) is 12.0. The summed E-state index contributed by atoms with van der Waals surface area (Å²) in [6.45, 7) is 7.47. The number of hydrogen-bond donors (Lipinski definition) is 1. The lowest BCUT2D eigenvalue weighted by atomic mass is 10.5. The van der Waals surface area contributed by atoms with E-state index in [-0.39, 0.29) is 6.10 Å². The van der Waals surface area contributed by atoms with Crippen molar-refractivity contribution >= 4 is 17.7 Å². The number of aromatic nitrogens is 3. The third-order valence-electron chi connectivity index (χ3n) is 1.99. The fraction of sp³-hybridized carbons (Fsp3) is 0.750. The normalized spacial score (nSPS) is 10.8. The molecule has 0 spiro atoms. The molecule has 0 aromatic carbocycles. The number of nitrogens with one attached hydrogen (secondary N) is 1. The van der Waals surface area contributed by atoms with Crippen molar-refractivity contribution in [1.82, 2.24) is 15.0 Å². The third kappa shape index (κ3) is 6.58. The molecule has 0 atom stereocenters. The highest BCUT2D eigenvalue weighted by Gasteiger charge is 2.09. The molecule has 1 heterocycles. The summed E-state index contributed by atoms with van der Waals surface area (Å²) in [6, 6.07) is 0.364. The van der Waals surface area contributed by atoms with Gasteiger partial charge in [0.1, 0.15) is 0 Å². The van der Waals surface area contributed by atoms with Gasteiger partial charge in [0.25, 0.3) is 0 Å². The van der Waals surface area contributed by atoms with E-state index in [1.165, 1.54) is 11.8 Å². The highest BCUT2D eigenvalue weighted by atomic mass is 32.2. The molecule has 0 radical (unpaired) electrons. The quantitative estimate of drug-likeness (QED) is 0.551. The summed E-state index contributed by atoms with van der Waals surface area (Å²) < 4.78 is 10.5. The van der Waals surface area contributed by atoms with Crippen molar-refractivity contribution in [3.05, 3.63) is 0 Å². The number of thioether (sulfide) groups is 1. The lowest BCUT2D eigenvalue weighted by Gasteiger charge is -2.10. The van der Waals surface area contributed by atoms with Crippen LogP contribution in [0.1, 0.15) is 27.2 Å². The van der Waals surface area contributed by atoms with E-state index in [0.29, 0.717) is 23.7 Å². The summed E-state index contributed by atoms with van der Waals surface area (Å²) in [5.74, 6) is 1.36. The van der Waals surface area contributed by atoms with Gasteiger partial charge in [0.05, 0.1) is 12.7 Å². The van der Waals surface area contributed by atoms with Crippen LogP contribution in [0.25, 0.3) is 0 Å². The van der Waals surface area contributed by atoms with Gasteiger partial charge in [0.15, 0.2) is 5.16 Å². The Hall–Kier alpha value is -1.08. The number of methoxy groups -OCH3 is 1. The van der Waals surface area contributed by atoms with Gasteiger partial charge in [-0.3, -0.25) is 0 Å². The van der Waals surface area contributed by atoms with Crippen LogP contribution in [0, 0.1) is 0 Å². The maximum atomic E-state index is 5.53. The Morgan fingerprint density at radius 1 is 1.26 bits per heavy atom. The average Bonchev–Trinajstić information content (AvgIpc) is 2.36. The van der Waals surface area contributed by atoms with Gasteiger partial charge in [-0.1, -0.05) is 18.7 Å². The Labute approximate surface area is 118 Å². The molecule has 108 valence electrons. The summed E-state index contributed by atoms with van der Waals surface area (Å²) in [4.78, 5) is 12.9. The minimum Gasteiger partial charge on any atom is -0.461 e. The van der Waals surface area contributed by atoms with E-state index in [1.54, 1.807) is 7.11 Å². The van der Waals surface area contributed by atoms with E-state index < -0.39 is 0 Å². The second-order valence-corrected chi connectivity index (χ2v) is 5.22. The standard InChI is InChI=1S/C12H22N4O2S/c1-5-6-13-10-14-11(18-9(2)3)16-12(15-10)19-8-7-17-4/h9H,5-8H2,1-4H3,(H,13,14,15,16). The predicted octanol–water partition coefficient (Wildman–Crippen LogP) is 2.22. The van der Waals surface area contributed by atoms with Crippen molar-refractivity contribution in [1.29, 1.82) is 0 Å². The van der Waals surface area contributed by atoms with Gasteiger partial charge in [-0.05, 0) is 20.3 Å². The Balaban J connectivity index is 2.75. The smallest absolute Gasteiger partial charge is 0.322 e. The second kappa shape index (κ2) is 8.92. The number of ether oxygens (including phenoxy) is 2. The molecule has 6 nitrogen and oxygen atoms in total. The van der Waals surface area contributed by atoms with E-state index in [4.69, 9.17) is 9.47 Å². The molecule has 0 amide bonds. The Bertz CT molecular complexity index is 377. The molecular weight excluding hydrogens is 264 g/mol. The largest absolute Gasteiger partial charge is 0.461 e. The molecule has 1 aromatic heterocycles. The monoisotopic (exact) mass is 286 g/mol. The van der Waals surface area contributed by atoms with Crippen LogP contribution >= 0.6 is 11.8 Å².